The van der Waals surface area contributed by atoms with Gasteiger partial charge in [-0.1, -0.05) is 18.2 Å². The molecule has 0 aliphatic carbocycles. The molecule has 0 fully saturated rings. The molecule has 0 aliphatic rings. The third-order valence-corrected chi connectivity index (χ3v) is 6.42. The lowest BCUT2D eigenvalue weighted by Gasteiger charge is -2.10. The summed E-state index contributed by atoms with van der Waals surface area (Å²) in [5.41, 5.74) is 0.851. The second-order valence-electron chi connectivity index (χ2n) is 6.23. The first-order valence-electron chi connectivity index (χ1n) is 8.84. The Morgan fingerprint density at radius 2 is 1.60 bits per heavy atom. The molecule has 11 heteroatoms. The van der Waals surface area contributed by atoms with Crippen molar-refractivity contribution in [3.63, 3.8) is 0 Å². The SMILES string of the molecule is Cc1ccnc(NS(=O)(=O)c2ccc(NS(=O)(=O)CCOc3ccccc3)cc2)n1. The summed E-state index contributed by atoms with van der Waals surface area (Å²) < 4.78 is 59.4. The van der Waals surface area contributed by atoms with E-state index in [2.05, 4.69) is 19.4 Å². The number of sulfonamides is 2. The number of benzene rings is 2. The van der Waals surface area contributed by atoms with Crippen LogP contribution in [-0.4, -0.2) is 39.2 Å². The van der Waals surface area contributed by atoms with E-state index in [-0.39, 0.29) is 28.9 Å². The Morgan fingerprint density at radius 1 is 0.900 bits per heavy atom. The highest BCUT2D eigenvalue weighted by Crippen LogP contribution is 2.17. The number of nitrogens with one attached hydrogen (secondary N) is 2. The monoisotopic (exact) mass is 448 g/mol. The molecule has 3 rings (SSSR count). The van der Waals surface area contributed by atoms with Crippen LogP contribution >= 0.6 is 0 Å². The fourth-order valence-corrected chi connectivity index (χ4v) is 4.25. The summed E-state index contributed by atoms with van der Waals surface area (Å²) in [6, 6.07) is 15.8. The molecule has 0 saturated carbocycles. The summed E-state index contributed by atoms with van der Waals surface area (Å²) in [5, 5.41) is 0. The van der Waals surface area contributed by atoms with Crippen LogP contribution < -0.4 is 14.2 Å². The van der Waals surface area contributed by atoms with Crippen LogP contribution in [0.3, 0.4) is 0 Å². The highest BCUT2D eigenvalue weighted by molar-refractivity contribution is 7.93. The van der Waals surface area contributed by atoms with Gasteiger partial charge in [0.25, 0.3) is 10.0 Å². The Kier molecular flexibility index (Phi) is 6.53. The van der Waals surface area contributed by atoms with Crippen LogP contribution in [-0.2, 0) is 20.0 Å². The molecule has 2 aromatic carbocycles. The van der Waals surface area contributed by atoms with E-state index in [4.69, 9.17) is 4.74 Å². The smallest absolute Gasteiger partial charge is 0.264 e. The zero-order chi connectivity index (χ0) is 21.6. The maximum atomic E-state index is 12.4. The quantitative estimate of drug-likeness (QED) is 0.514. The third kappa shape index (κ3) is 6.16. The van der Waals surface area contributed by atoms with Gasteiger partial charge in [-0.25, -0.2) is 31.5 Å². The van der Waals surface area contributed by atoms with E-state index in [0.29, 0.717) is 11.4 Å². The normalized spacial score (nSPS) is 11.6. The molecule has 9 nitrogen and oxygen atoms in total. The van der Waals surface area contributed by atoms with E-state index < -0.39 is 20.0 Å². The summed E-state index contributed by atoms with van der Waals surface area (Å²) in [4.78, 5) is 7.80. The molecular formula is C19H20N4O5S2. The minimum atomic E-state index is -3.91. The molecule has 1 heterocycles. The first kappa shape index (κ1) is 21.5. The van der Waals surface area contributed by atoms with Crippen LogP contribution in [0.2, 0.25) is 0 Å². The predicted octanol–water partition coefficient (Wildman–Crippen LogP) is 2.41. The molecule has 1 aromatic heterocycles. The molecular weight excluding hydrogens is 428 g/mol. The van der Waals surface area contributed by atoms with Crippen molar-refractivity contribution in [3.8, 4) is 5.75 Å². The van der Waals surface area contributed by atoms with Crippen LogP contribution in [0.5, 0.6) is 5.75 Å². The molecule has 2 N–H and O–H groups in total. The Bertz CT molecular complexity index is 1200. The van der Waals surface area contributed by atoms with Gasteiger partial charge in [0.15, 0.2) is 0 Å². The summed E-state index contributed by atoms with van der Waals surface area (Å²) in [7, 11) is -7.57. The molecule has 158 valence electrons. The van der Waals surface area contributed by atoms with Gasteiger partial charge in [-0.15, -0.1) is 0 Å². The number of aryl methyl sites for hydroxylation is 1. The van der Waals surface area contributed by atoms with Gasteiger partial charge in [-0.05, 0) is 49.4 Å². The van der Waals surface area contributed by atoms with Crippen molar-refractivity contribution in [2.75, 3.05) is 21.8 Å². The standard InChI is InChI=1S/C19H20N4O5S2/c1-15-11-12-20-19(21-15)23-30(26,27)18-9-7-16(8-10-18)22-29(24,25)14-13-28-17-5-3-2-4-6-17/h2-12,22H,13-14H2,1H3,(H,20,21,23). The molecule has 0 saturated heterocycles. The van der Waals surface area contributed by atoms with E-state index in [1.165, 1.54) is 30.5 Å². The Hall–Kier alpha value is -3.18. The lowest BCUT2D eigenvalue weighted by atomic mass is 10.3. The second-order valence-corrected chi connectivity index (χ2v) is 9.76. The van der Waals surface area contributed by atoms with Gasteiger partial charge in [-0.3, -0.25) is 4.72 Å². The molecule has 30 heavy (non-hydrogen) atoms. The first-order chi connectivity index (χ1) is 14.2. The van der Waals surface area contributed by atoms with Crippen molar-refractivity contribution in [2.24, 2.45) is 0 Å². The molecule has 0 unspecified atom stereocenters. The number of hydrogen-bond acceptors (Lipinski definition) is 7. The maximum Gasteiger partial charge on any atom is 0.264 e. The van der Waals surface area contributed by atoms with Gasteiger partial charge in [0.2, 0.25) is 16.0 Å². The van der Waals surface area contributed by atoms with Crippen molar-refractivity contribution >= 4 is 31.7 Å². The Labute approximate surface area is 175 Å². The molecule has 3 aromatic rings. The molecule has 0 aliphatic heterocycles. The number of hydrogen-bond donors (Lipinski definition) is 2. The number of rotatable bonds is 9. The average molecular weight is 449 g/mol. The van der Waals surface area contributed by atoms with Gasteiger partial charge in [-0.2, -0.15) is 0 Å². The summed E-state index contributed by atoms with van der Waals surface area (Å²) >= 11 is 0. The number of aromatic nitrogens is 2. The zero-order valence-electron chi connectivity index (χ0n) is 16.0. The van der Waals surface area contributed by atoms with Crippen LogP contribution in [0.1, 0.15) is 5.69 Å². The summed E-state index contributed by atoms with van der Waals surface area (Å²) in [6.45, 7) is 1.69. The van der Waals surface area contributed by atoms with E-state index in [0.717, 1.165) is 0 Å². The lowest BCUT2D eigenvalue weighted by molar-refractivity contribution is 0.341. The first-order valence-corrected chi connectivity index (χ1v) is 12.0. The largest absolute Gasteiger partial charge is 0.492 e. The van der Waals surface area contributed by atoms with E-state index >= 15 is 0 Å². The zero-order valence-corrected chi connectivity index (χ0v) is 17.7. The van der Waals surface area contributed by atoms with Gasteiger partial charge in [0.1, 0.15) is 18.1 Å². The van der Waals surface area contributed by atoms with E-state index in [1.54, 1.807) is 37.3 Å². The van der Waals surface area contributed by atoms with Crippen LogP contribution in [0.25, 0.3) is 0 Å². The fourth-order valence-electron chi connectivity index (χ4n) is 2.40. The van der Waals surface area contributed by atoms with Crippen molar-refractivity contribution in [2.45, 2.75) is 11.8 Å². The summed E-state index contributed by atoms with van der Waals surface area (Å²) in [6.07, 6.45) is 1.44. The van der Waals surface area contributed by atoms with Gasteiger partial charge in [0.05, 0.1) is 4.90 Å². The van der Waals surface area contributed by atoms with E-state index in [1.807, 2.05) is 6.07 Å². The maximum absolute atomic E-state index is 12.4. The number of nitrogens with zero attached hydrogens (tertiary/aromatic N) is 2. The summed E-state index contributed by atoms with van der Waals surface area (Å²) in [5.74, 6) is 0.277. The van der Waals surface area contributed by atoms with Crippen molar-refractivity contribution in [3.05, 3.63) is 72.6 Å². The molecule has 0 bridgehead atoms. The molecule has 0 atom stereocenters. The number of anilines is 2. The Balaban J connectivity index is 1.60. The van der Waals surface area contributed by atoms with Crippen LogP contribution in [0.4, 0.5) is 11.6 Å². The van der Waals surface area contributed by atoms with Gasteiger partial charge >= 0.3 is 0 Å². The highest BCUT2D eigenvalue weighted by atomic mass is 32.2. The average Bonchev–Trinajstić information content (AvgIpc) is 2.68. The highest BCUT2D eigenvalue weighted by Gasteiger charge is 2.17. The van der Waals surface area contributed by atoms with Gasteiger partial charge < -0.3 is 4.74 Å². The van der Waals surface area contributed by atoms with Crippen LogP contribution in [0, 0.1) is 6.92 Å². The van der Waals surface area contributed by atoms with E-state index in [9.17, 15) is 16.8 Å². The molecule has 0 amide bonds. The topological polar surface area (TPSA) is 127 Å². The molecule has 0 radical (unpaired) electrons. The predicted molar refractivity (Wildman–Crippen MR) is 113 cm³/mol. The van der Waals surface area contributed by atoms with Crippen molar-refractivity contribution in [1.82, 2.24) is 9.97 Å². The lowest BCUT2D eigenvalue weighted by Crippen LogP contribution is -2.21. The second kappa shape index (κ2) is 9.09. The van der Waals surface area contributed by atoms with Crippen LogP contribution in [0.15, 0.2) is 71.8 Å². The molecule has 0 spiro atoms. The van der Waals surface area contributed by atoms with Gasteiger partial charge in [0, 0.05) is 17.6 Å². The number of para-hydroxylation sites is 1. The minimum Gasteiger partial charge on any atom is -0.492 e. The number of ether oxygens (including phenoxy) is 1. The van der Waals surface area contributed by atoms with Crippen molar-refractivity contribution < 1.29 is 21.6 Å². The Morgan fingerprint density at radius 3 is 2.27 bits per heavy atom. The fraction of sp³-hybridized carbons (Fsp3) is 0.158. The third-order valence-electron chi connectivity index (χ3n) is 3.82. The van der Waals surface area contributed by atoms with Crippen molar-refractivity contribution in [1.29, 1.82) is 0 Å². The minimum absolute atomic E-state index is 0.0216.